The molecule has 24 heavy (non-hydrogen) atoms. The zero-order valence-corrected chi connectivity index (χ0v) is 14.6. The average molecular weight is 347 g/mol. The molecule has 2 N–H and O–H groups in total. The summed E-state index contributed by atoms with van der Waals surface area (Å²) in [7, 11) is 0. The third-order valence-corrected chi connectivity index (χ3v) is 5.08. The average Bonchev–Trinajstić information content (AvgIpc) is 2.55. The number of esters is 1. The Kier molecular flexibility index (Phi) is 4.99. The van der Waals surface area contributed by atoms with Crippen LogP contribution < -0.4 is 15.5 Å². The molecular weight excluding hydrogens is 326 g/mol. The molecule has 6 nitrogen and oxygen atoms in total. The van der Waals surface area contributed by atoms with Crippen LogP contribution in [-0.2, 0) is 9.53 Å². The number of nitrogens with one attached hydrogen (secondary N) is 2. The monoisotopic (exact) mass is 347 g/mol. The molecule has 1 aromatic rings. The summed E-state index contributed by atoms with van der Waals surface area (Å²) >= 11 is 1.82. The first-order valence-corrected chi connectivity index (χ1v) is 9.03. The number of rotatable bonds is 4. The van der Waals surface area contributed by atoms with Gasteiger partial charge in [0.05, 0.1) is 36.2 Å². The third kappa shape index (κ3) is 3.36. The summed E-state index contributed by atoms with van der Waals surface area (Å²) in [6.45, 7) is 5.21. The van der Waals surface area contributed by atoms with Gasteiger partial charge >= 0.3 is 12.0 Å². The zero-order chi connectivity index (χ0) is 17.1. The van der Waals surface area contributed by atoms with Crippen LogP contribution in [0, 0.1) is 0 Å². The van der Waals surface area contributed by atoms with Crippen molar-refractivity contribution in [2.45, 2.75) is 24.8 Å². The molecule has 0 unspecified atom stereocenters. The van der Waals surface area contributed by atoms with Crippen molar-refractivity contribution in [2.24, 2.45) is 0 Å². The Labute approximate surface area is 145 Å². The molecule has 0 spiro atoms. The first-order chi connectivity index (χ1) is 11.6. The number of carbonyl (C=O) groups excluding carboxylic acids is 2. The molecule has 2 heterocycles. The molecule has 2 aliphatic rings. The molecule has 0 bridgehead atoms. The van der Waals surface area contributed by atoms with Gasteiger partial charge < -0.3 is 20.3 Å². The normalized spacial score (nSPS) is 20.2. The number of fused-ring (bicyclic) bond motifs is 1. The lowest BCUT2D eigenvalue weighted by molar-refractivity contribution is -0.138. The fourth-order valence-corrected chi connectivity index (χ4v) is 4.04. The number of para-hydroxylation sites is 1. The van der Waals surface area contributed by atoms with E-state index in [2.05, 4.69) is 27.7 Å². The van der Waals surface area contributed by atoms with Crippen LogP contribution in [0.25, 0.3) is 0 Å². The Hall–Kier alpha value is -2.15. The SMILES string of the molecule is CCOC(=O)C1=C(CN2CCSc3ccccc32)NC(=O)N[C@H]1C. The number of carbonyl (C=O) groups is 2. The first-order valence-electron chi connectivity index (χ1n) is 8.04. The van der Waals surface area contributed by atoms with E-state index in [1.165, 1.54) is 4.90 Å². The summed E-state index contributed by atoms with van der Waals surface area (Å²) in [5.41, 5.74) is 2.24. The molecule has 0 saturated carbocycles. The van der Waals surface area contributed by atoms with E-state index in [1.54, 1.807) is 13.8 Å². The number of urea groups is 1. The summed E-state index contributed by atoms with van der Waals surface area (Å²) in [5, 5.41) is 5.52. The molecule has 0 fully saturated rings. The van der Waals surface area contributed by atoms with Crippen molar-refractivity contribution in [3.8, 4) is 0 Å². The van der Waals surface area contributed by atoms with E-state index in [0.717, 1.165) is 18.0 Å². The van der Waals surface area contributed by atoms with Crippen molar-refractivity contribution in [1.29, 1.82) is 0 Å². The molecule has 1 aromatic carbocycles. The summed E-state index contributed by atoms with van der Waals surface area (Å²) in [6.07, 6.45) is 0. The van der Waals surface area contributed by atoms with Gasteiger partial charge in [0.1, 0.15) is 0 Å². The largest absolute Gasteiger partial charge is 0.463 e. The Bertz CT molecular complexity index is 689. The highest BCUT2D eigenvalue weighted by atomic mass is 32.2. The van der Waals surface area contributed by atoms with Gasteiger partial charge in [-0.3, -0.25) is 0 Å². The Morgan fingerprint density at radius 1 is 1.42 bits per heavy atom. The van der Waals surface area contributed by atoms with Crippen LogP contribution in [0.2, 0.25) is 0 Å². The molecule has 0 saturated heterocycles. The molecule has 2 aliphatic heterocycles. The van der Waals surface area contributed by atoms with E-state index in [-0.39, 0.29) is 18.0 Å². The quantitative estimate of drug-likeness (QED) is 0.817. The van der Waals surface area contributed by atoms with E-state index in [4.69, 9.17) is 4.74 Å². The van der Waals surface area contributed by atoms with Gasteiger partial charge in [-0.15, -0.1) is 11.8 Å². The van der Waals surface area contributed by atoms with Crippen molar-refractivity contribution in [3.05, 3.63) is 35.5 Å². The van der Waals surface area contributed by atoms with Crippen LogP contribution in [0.15, 0.2) is 40.4 Å². The molecular formula is C17H21N3O3S. The van der Waals surface area contributed by atoms with E-state index in [0.29, 0.717) is 24.4 Å². The van der Waals surface area contributed by atoms with Gasteiger partial charge in [0, 0.05) is 17.2 Å². The number of anilines is 1. The van der Waals surface area contributed by atoms with Crippen LogP contribution in [0.5, 0.6) is 0 Å². The van der Waals surface area contributed by atoms with Crippen molar-refractivity contribution in [3.63, 3.8) is 0 Å². The number of hydrogen-bond donors (Lipinski definition) is 2. The van der Waals surface area contributed by atoms with Crippen LogP contribution in [0.3, 0.4) is 0 Å². The maximum atomic E-state index is 12.3. The minimum absolute atomic E-state index is 0.287. The van der Waals surface area contributed by atoms with E-state index in [1.807, 2.05) is 23.9 Å². The molecule has 0 aromatic heterocycles. The predicted molar refractivity (Wildman–Crippen MR) is 94.2 cm³/mol. The van der Waals surface area contributed by atoms with Gasteiger partial charge in [-0.2, -0.15) is 0 Å². The summed E-state index contributed by atoms with van der Waals surface area (Å²) in [4.78, 5) is 27.6. The number of amides is 2. The Morgan fingerprint density at radius 2 is 2.21 bits per heavy atom. The first kappa shape index (κ1) is 16.7. The topological polar surface area (TPSA) is 70.7 Å². The number of nitrogens with zero attached hydrogens (tertiary/aromatic N) is 1. The van der Waals surface area contributed by atoms with Crippen LogP contribution in [0.1, 0.15) is 13.8 Å². The highest BCUT2D eigenvalue weighted by molar-refractivity contribution is 7.99. The minimum atomic E-state index is -0.382. The lowest BCUT2D eigenvalue weighted by Crippen LogP contribution is -2.51. The second-order valence-electron chi connectivity index (χ2n) is 5.67. The van der Waals surface area contributed by atoms with E-state index < -0.39 is 0 Å². The molecule has 2 amide bonds. The Balaban J connectivity index is 1.92. The van der Waals surface area contributed by atoms with Crippen LogP contribution >= 0.6 is 11.8 Å². The van der Waals surface area contributed by atoms with Crippen molar-refractivity contribution >= 4 is 29.4 Å². The number of thioether (sulfide) groups is 1. The zero-order valence-electron chi connectivity index (χ0n) is 13.8. The minimum Gasteiger partial charge on any atom is -0.463 e. The lowest BCUT2D eigenvalue weighted by atomic mass is 10.0. The third-order valence-electron chi connectivity index (χ3n) is 4.04. The summed E-state index contributed by atoms with van der Waals surface area (Å²) in [6, 6.07) is 7.52. The van der Waals surface area contributed by atoms with E-state index >= 15 is 0 Å². The van der Waals surface area contributed by atoms with Crippen molar-refractivity contribution in [2.75, 3.05) is 30.3 Å². The second kappa shape index (κ2) is 7.17. The fraction of sp³-hybridized carbons (Fsp3) is 0.412. The molecule has 7 heteroatoms. The number of ether oxygens (including phenoxy) is 1. The maximum Gasteiger partial charge on any atom is 0.337 e. The fourth-order valence-electron chi connectivity index (χ4n) is 2.99. The van der Waals surface area contributed by atoms with Gasteiger partial charge in [-0.1, -0.05) is 12.1 Å². The van der Waals surface area contributed by atoms with Crippen LogP contribution in [0.4, 0.5) is 10.5 Å². The van der Waals surface area contributed by atoms with Gasteiger partial charge in [0.2, 0.25) is 0 Å². The molecule has 0 aliphatic carbocycles. The molecule has 128 valence electrons. The van der Waals surface area contributed by atoms with Gasteiger partial charge in [0.15, 0.2) is 0 Å². The standard InChI is InChI=1S/C17H21N3O3S/c1-3-23-16(21)15-11(2)18-17(22)19-12(15)10-20-8-9-24-14-7-5-4-6-13(14)20/h4-7,11H,3,8-10H2,1-2H3,(H2,18,19,22)/t11-/m0/s1. The molecule has 3 rings (SSSR count). The number of hydrogen-bond acceptors (Lipinski definition) is 5. The van der Waals surface area contributed by atoms with E-state index in [9.17, 15) is 9.59 Å². The van der Waals surface area contributed by atoms with Gasteiger partial charge in [-0.05, 0) is 26.0 Å². The summed E-state index contributed by atoms with van der Waals surface area (Å²) in [5.74, 6) is 0.591. The van der Waals surface area contributed by atoms with Crippen LogP contribution in [-0.4, -0.2) is 43.5 Å². The van der Waals surface area contributed by atoms with Gasteiger partial charge in [-0.25, -0.2) is 9.59 Å². The van der Waals surface area contributed by atoms with Crippen molar-refractivity contribution in [1.82, 2.24) is 10.6 Å². The smallest absolute Gasteiger partial charge is 0.337 e. The van der Waals surface area contributed by atoms with Gasteiger partial charge in [0.25, 0.3) is 0 Å². The molecule has 0 radical (unpaired) electrons. The predicted octanol–water partition coefficient (Wildman–Crippen LogP) is 2.12. The summed E-state index contributed by atoms with van der Waals surface area (Å²) < 4.78 is 5.17. The van der Waals surface area contributed by atoms with Crippen molar-refractivity contribution < 1.29 is 14.3 Å². The Morgan fingerprint density at radius 3 is 3.00 bits per heavy atom. The lowest BCUT2D eigenvalue weighted by Gasteiger charge is -2.34. The highest BCUT2D eigenvalue weighted by Gasteiger charge is 2.31. The second-order valence-corrected chi connectivity index (χ2v) is 6.81. The number of benzene rings is 1. The molecule has 1 atom stereocenters. The highest BCUT2D eigenvalue weighted by Crippen LogP contribution is 2.34. The maximum absolute atomic E-state index is 12.3.